The van der Waals surface area contributed by atoms with Gasteiger partial charge in [0.1, 0.15) is 0 Å². The topological polar surface area (TPSA) is 20.3 Å². The fourth-order valence-electron chi connectivity index (χ4n) is 1.17. The highest BCUT2D eigenvalue weighted by molar-refractivity contribution is 14.1. The Labute approximate surface area is 98.4 Å². The van der Waals surface area contributed by atoms with Gasteiger partial charge in [-0.3, -0.25) is 4.79 Å². The van der Waals surface area contributed by atoms with Crippen molar-refractivity contribution < 1.29 is 4.79 Å². The molecule has 1 aromatic rings. The molecule has 0 aromatic heterocycles. The van der Waals surface area contributed by atoms with E-state index in [0.29, 0.717) is 6.42 Å². The number of benzene rings is 1. The third-order valence-corrected chi connectivity index (χ3v) is 3.12. The molecule has 0 aliphatic rings. The molecule has 0 N–H and O–H groups in total. The number of carbonyl (C=O) groups excluding carboxylic acids is 1. The lowest BCUT2D eigenvalue weighted by atomic mass is 10.1. The Kier molecular flexibility index (Phi) is 4.38. The van der Waals surface area contributed by atoms with Gasteiger partial charge in [-0.05, 0) is 40.6 Å². The van der Waals surface area contributed by atoms with Crippen LogP contribution in [-0.4, -0.2) is 24.9 Å². The minimum absolute atomic E-state index is 0.185. The van der Waals surface area contributed by atoms with Gasteiger partial charge in [-0.1, -0.05) is 18.2 Å². The molecule has 1 rings (SSSR count). The molecule has 0 spiro atoms. The van der Waals surface area contributed by atoms with E-state index in [0.717, 1.165) is 6.42 Å². The van der Waals surface area contributed by atoms with Crippen molar-refractivity contribution in [2.24, 2.45) is 0 Å². The molecule has 0 aliphatic carbocycles. The van der Waals surface area contributed by atoms with Crippen LogP contribution in [-0.2, 0) is 11.2 Å². The summed E-state index contributed by atoms with van der Waals surface area (Å²) in [6.07, 6.45) is 1.42. The van der Waals surface area contributed by atoms with Crippen molar-refractivity contribution in [3.8, 4) is 0 Å². The van der Waals surface area contributed by atoms with E-state index in [1.54, 1.807) is 19.0 Å². The largest absolute Gasteiger partial charge is 0.349 e. The van der Waals surface area contributed by atoms with Crippen LogP contribution < -0.4 is 0 Å². The van der Waals surface area contributed by atoms with E-state index in [-0.39, 0.29) is 5.91 Å². The highest BCUT2D eigenvalue weighted by atomic mass is 127. The Balaban J connectivity index is 2.54. The summed E-state index contributed by atoms with van der Waals surface area (Å²) in [7, 11) is 3.58. The zero-order valence-electron chi connectivity index (χ0n) is 8.46. The second kappa shape index (κ2) is 5.34. The van der Waals surface area contributed by atoms with Crippen molar-refractivity contribution in [1.29, 1.82) is 0 Å². The highest BCUT2D eigenvalue weighted by Crippen LogP contribution is 2.13. The molecule has 0 heterocycles. The number of amides is 1. The summed E-state index contributed by atoms with van der Waals surface area (Å²) >= 11 is 2.30. The molecule has 0 aliphatic heterocycles. The number of nitrogens with zero attached hydrogens (tertiary/aromatic N) is 1. The summed E-state index contributed by atoms with van der Waals surface area (Å²) in [4.78, 5) is 13.0. The summed E-state index contributed by atoms with van der Waals surface area (Å²) in [6.45, 7) is 0. The predicted octanol–water partition coefficient (Wildman–Crippen LogP) is 2.31. The van der Waals surface area contributed by atoms with Gasteiger partial charge in [-0.15, -0.1) is 0 Å². The number of aryl methyl sites for hydroxylation is 1. The zero-order valence-corrected chi connectivity index (χ0v) is 10.6. The Morgan fingerprint density at radius 2 is 2.00 bits per heavy atom. The summed E-state index contributed by atoms with van der Waals surface area (Å²) in [5, 5.41) is 0. The lowest BCUT2D eigenvalue weighted by molar-refractivity contribution is -0.128. The van der Waals surface area contributed by atoms with Gasteiger partial charge in [-0.25, -0.2) is 0 Å². The molecule has 1 aromatic carbocycles. The van der Waals surface area contributed by atoms with Gasteiger partial charge in [0.15, 0.2) is 0 Å². The smallest absolute Gasteiger partial charge is 0.222 e. The number of hydrogen-bond acceptors (Lipinski definition) is 1. The van der Waals surface area contributed by atoms with Crippen LogP contribution in [0.5, 0.6) is 0 Å². The van der Waals surface area contributed by atoms with Gasteiger partial charge in [-0.2, -0.15) is 0 Å². The van der Waals surface area contributed by atoms with Gasteiger partial charge in [0, 0.05) is 24.1 Å². The van der Waals surface area contributed by atoms with Crippen molar-refractivity contribution >= 4 is 28.5 Å². The number of halogens is 1. The van der Waals surface area contributed by atoms with E-state index in [9.17, 15) is 4.79 Å². The maximum Gasteiger partial charge on any atom is 0.222 e. The van der Waals surface area contributed by atoms with Crippen LogP contribution in [0.1, 0.15) is 12.0 Å². The second-order valence-corrected chi connectivity index (χ2v) is 4.54. The summed E-state index contributed by atoms with van der Waals surface area (Å²) in [5.74, 6) is 0.185. The van der Waals surface area contributed by atoms with Crippen molar-refractivity contribution in [2.45, 2.75) is 12.8 Å². The lowest BCUT2D eigenvalue weighted by Crippen LogP contribution is -2.21. The molecule has 0 unspecified atom stereocenters. The maximum atomic E-state index is 11.4. The van der Waals surface area contributed by atoms with Gasteiger partial charge in [0.05, 0.1) is 0 Å². The van der Waals surface area contributed by atoms with Crippen LogP contribution in [0, 0.1) is 3.57 Å². The van der Waals surface area contributed by atoms with E-state index >= 15 is 0 Å². The normalized spacial score (nSPS) is 9.93. The van der Waals surface area contributed by atoms with Gasteiger partial charge < -0.3 is 4.90 Å². The van der Waals surface area contributed by atoms with Crippen LogP contribution in [0.25, 0.3) is 0 Å². The first-order valence-corrected chi connectivity index (χ1v) is 5.62. The van der Waals surface area contributed by atoms with Crippen molar-refractivity contribution in [2.75, 3.05) is 14.1 Å². The predicted molar refractivity (Wildman–Crippen MR) is 66.2 cm³/mol. The average molecular weight is 303 g/mol. The number of hydrogen-bond donors (Lipinski definition) is 0. The minimum Gasteiger partial charge on any atom is -0.349 e. The fourth-order valence-corrected chi connectivity index (χ4v) is 1.82. The van der Waals surface area contributed by atoms with Crippen molar-refractivity contribution in [3.63, 3.8) is 0 Å². The Bertz CT molecular complexity index is 323. The second-order valence-electron chi connectivity index (χ2n) is 3.38. The average Bonchev–Trinajstić information content (AvgIpc) is 2.16. The first kappa shape index (κ1) is 11.5. The van der Waals surface area contributed by atoms with Crippen molar-refractivity contribution in [3.05, 3.63) is 33.4 Å². The first-order valence-electron chi connectivity index (χ1n) is 4.55. The molecule has 0 fully saturated rings. The molecular weight excluding hydrogens is 289 g/mol. The molecule has 0 saturated carbocycles. The Hall–Kier alpha value is -0.580. The van der Waals surface area contributed by atoms with Crippen molar-refractivity contribution in [1.82, 2.24) is 4.90 Å². The molecular formula is C11H14INO. The van der Waals surface area contributed by atoms with Crippen LogP contribution in [0.3, 0.4) is 0 Å². The number of carbonyl (C=O) groups is 1. The molecule has 14 heavy (non-hydrogen) atoms. The van der Waals surface area contributed by atoms with Gasteiger partial charge in [0.2, 0.25) is 5.91 Å². The SMILES string of the molecule is CN(C)C(=O)CCc1ccccc1I. The monoisotopic (exact) mass is 303 g/mol. The van der Waals surface area contributed by atoms with E-state index in [1.807, 2.05) is 12.1 Å². The third-order valence-electron chi connectivity index (χ3n) is 2.06. The molecule has 2 nitrogen and oxygen atoms in total. The van der Waals surface area contributed by atoms with Crippen LogP contribution in [0.2, 0.25) is 0 Å². The van der Waals surface area contributed by atoms with Gasteiger partial charge in [0.25, 0.3) is 0 Å². The van der Waals surface area contributed by atoms with E-state index in [2.05, 4.69) is 34.7 Å². The molecule has 0 radical (unpaired) electrons. The summed E-state index contributed by atoms with van der Waals surface area (Å²) < 4.78 is 1.23. The van der Waals surface area contributed by atoms with Crippen LogP contribution >= 0.6 is 22.6 Å². The zero-order chi connectivity index (χ0) is 10.6. The quantitative estimate of drug-likeness (QED) is 0.785. The molecule has 1 amide bonds. The van der Waals surface area contributed by atoms with Gasteiger partial charge >= 0.3 is 0 Å². The lowest BCUT2D eigenvalue weighted by Gasteiger charge is -2.10. The summed E-state index contributed by atoms with van der Waals surface area (Å²) in [5.41, 5.74) is 1.25. The Morgan fingerprint density at radius 3 is 2.57 bits per heavy atom. The maximum absolute atomic E-state index is 11.4. The van der Waals surface area contributed by atoms with Crippen LogP contribution in [0.4, 0.5) is 0 Å². The first-order chi connectivity index (χ1) is 6.61. The molecule has 76 valence electrons. The highest BCUT2D eigenvalue weighted by Gasteiger charge is 2.05. The fraction of sp³-hybridized carbons (Fsp3) is 0.364. The molecule has 0 bridgehead atoms. The molecule has 0 saturated heterocycles. The summed E-state index contributed by atoms with van der Waals surface area (Å²) in [6, 6.07) is 8.16. The molecule has 3 heteroatoms. The third kappa shape index (κ3) is 3.29. The Morgan fingerprint density at radius 1 is 1.36 bits per heavy atom. The minimum atomic E-state index is 0.185. The number of rotatable bonds is 3. The molecule has 0 atom stereocenters. The van der Waals surface area contributed by atoms with E-state index < -0.39 is 0 Å². The standard InChI is InChI=1S/C11H14INO/c1-13(2)11(14)8-7-9-5-3-4-6-10(9)12/h3-6H,7-8H2,1-2H3. The van der Waals surface area contributed by atoms with E-state index in [1.165, 1.54) is 9.13 Å². The van der Waals surface area contributed by atoms with Crippen LogP contribution in [0.15, 0.2) is 24.3 Å². The van der Waals surface area contributed by atoms with E-state index in [4.69, 9.17) is 0 Å².